The van der Waals surface area contributed by atoms with Crippen LogP contribution in [0.25, 0.3) is 0 Å². The van der Waals surface area contributed by atoms with Crippen LogP contribution in [-0.4, -0.2) is 12.1 Å². The first kappa shape index (κ1) is 12.0. The number of nitrogens with one attached hydrogen (secondary N) is 1. The Kier molecular flexibility index (Phi) is 3.86. The van der Waals surface area contributed by atoms with Gasteiger partial charge in [0.2, 0.25) is 0 Å². The number of benzene rings is 2. The molecule has 3 nitrogen and oxygen atoms in total. The fraction of sp³-hybridized carbons (Fsp3) is 0.0667. The number of hydrazone groups is 1. The molecule has 0 saturated heterocycles. The van der Waals surface area contributed by atoms with E-state index >= 15 is 0 Å². The smallest absolute Gasteiger partial charge is 0.267 e. The van der Waals surface area contributed by atoms with Gasteiger partial charge in [0.15, 0.2) is 0 Å². The largest absolute Gasteiger partial charge is 0.271 e. The van der Waals surface area contributed by atoms with Crippen LogP contribution in [-0.2, 0) is 0 Å². The Bertz CT molecular complexity index is 562. The van der Waals surface area contributed by atoms with Gasteiger partial charge in [-0.25, -0.2) is 5.43 Å². The van der Waals surface area contributed by atoms with E-state index in [0.29, 0.717) is 5.56 Å². The molecule has 90 valence electrons. The van der Waals surface area contributed by atoms with Crippen LogP contribution in [0.1, 0.15) is 21.5 Å². The Morgan fingerprint density at radius 1 is 1.11 bits per heavy atom. The van der Waals surface area contributed by atoms with E-state index in [2.05, 4.69) is 10.5 Å². The molecule has 0 radical (unpaired) electrons. The molecule has 0 saturated carbocycles. The fourth-order valence-corrected chi connectivity index (χ4v) is 1.57. The van der Waals surface area contributed by atoms with Crippen LogP contribution in [0.3, 0.4) is 0 Å². The molecule has 2 aromatic carbocycles. The van der Waals surface area contributed by atoms with Gasteiger partial charge < -0.3 is 0 Å². The zero-order valence-corrected chi connectivity index (χ0v) is 10.1. The molecule has 0 spiro atoms. The number of nitrogens with zero attached hydrogens (tertiary/aromatic N) is 1. The highest BCUT2D eigenvalue weighted by atomic mass is 16.2. The van der Waals surface area contributed by atoms with Gasteiger partial charge >= 0.3 is 0 Å². The minimum atomic E-state index is -0.209. The van der Waals surface area contributed by atoms with Crippen molar-refractivity contribution in [3.63, 3.8) is 0 Å². The van der Waals surface area contributed by atoms with Gasteiger partial charge in [-0.2, -0.15) is 5.10 Å². The summed E-state index contributed by atoms with van der Waals surface area (Å²) in [4.78, 5) is 11.7. The maximum Gasteiger partial charge on any atom is 0.271 e. The van der Waals surface area contributed by atoms with E-state index in [1.807, 2.05) is 49.4 Å². The van der Waals surface area contributed by atoms with Crippen molar-refractivity contribution in [3.05, 3.63) is 71.3 Å². The molecule has 0 unspecified atom stereocenters. The molecule has 3 heteroatoms. The summed E-state index contributed by atoms with van der Waals surface area (Å²) < 4.78 is 0. The summed E-state index contributed by atoms with van der Waals surface area (Å²) in [5.41, 5.74) is 5.22. The number of aryl methyl sites for hydroxylation is 1. The monoisotopic (exact) mass is 238 g/mol. The second kappa shape index (κ2) is 5.77. The molecule has 1 N–H and O–H groups in total. The van der Waals surface area contributed by atoms with Crippen LogP contribution in [0.5, 0.6) is 0 Å². The summed E-state index contributed by atoms with van der Waals surface area (Å²) in [5, 5.41) is 3.93. The highest BCUT2D eigenvalue weighted by Gasteiger charge is 2.01. The van der Waals surface area contributed by atoms with Gasteiger partial charge in [-0.05, 0) is 24.6 Å². The fourth-order valence-electron chi connectivity index (χ4n) is 1.57. The first-order chi connectivity index (χ1) is 8.75. The van der Waals surface area contributed by atoms with Gasteiger partial charge in [-0.15, -0.1) is 0 Å². The standard InChI is InChI=1S/C15H14N2O/c1-12-6-5-7-13(10-12)11-16-17-15(18)14-8-3-2-4-9-14/h2-11H,1H3,(H,17,18)/b16-11-. The zero-order valence-electron chi connectivity index (χ0n) is 10.1. The highest BCUT2D eigenvalue weighted by Crippen LogP contribution is 2.01. The molecule has 18 heavy (non-hydrogen) atoms. The number of hydrogen-bond donors (Lipinski definition) is 1. The van der Waals surface area contributed by atoms with Crippen LogP contribution in [0, 0.1) is 6.92 Å². The SMILES string of the molecule is Cc1cccc(/C=N\NC(=O)c2ccccc2)c1. The van der Waals surface area contributed by atoms with Crippen molar-refractivity contribution in [2.24, 2.45) is 5.10 Å². The summed E-state index contributed by atoms with van der Waals surface area (Å²) in [6.45, 7) is 2.01. The van der Waals surface area contributed by atoms with Crippen molar-refractivity contribution in [1.29, 1.82) is 0 Å². The zero-order chi connectivity index (χ0) is 12.8. The lowest BCUT2D eigenvalue weighted by molar-refractivity contribution is 0.0955. The molecule has 0 fully saturated rings. The van der Waals surface area contributed by atoms with E-state index in [-0.39, 0.29) is 5.91 Å². The third-order valence-electron chi connectivity index (χ3n) is 2.46. The molecule has 0 heterocycles. The van der Waals surface area contributed by atoms with Gasteiger partial charge in [0.1, 0.15) is 0 Å². The van der Waals surface area contributed by atoms with Crippen LogP contribution >= 0.6 is 0 Å². The highest BCUT2D eigenvalue weighted by molar-refractivity contribution is 5.94. The van der Waals surface area contributed by atoms with E-state index in [0.717, 1.165) is 11.1 Å². The maximum atomic E-state index is 11.7. The molecule has 0 atom stereocenters. The number of amides is 1. The Morgan fingerprint density at radius 2 is 1.89 bits per heavy atom. The molecular weight excluding hydrogens is 224 g/mol. The third-order valence-corrected chi connectivity index (χ3v) is 2.46. The number of hydrogen-bond acceptors (Lipinski definition) is 2. The first-order valence-electron chi connectivity index (χ1n) is 5.71. The molecule has 0 aliphatic heterocycles. The van der Waals surface area contributed by atoms with E-state index in [4.69, 9.17) is 0 Å². The number of carbonyl (C=O) groups is 1. The van der Waals surface area contributed by atoms with Gasteiger partial charge in [-0.3, -0.25) is 4.79 Å². The minimum absolute atomic E-state index is 0.209. The van der Waals surface area contributed by atoms with Crippen LogP contribution in [0.15, 0.2) is 59.7 Å². The van der Waals surface area contributed by atoms with Gasteiger partial charge in [-0.1, -0.05) is 48.0 Å². The topological polar surface area (TPSA) is 41.5 Å². The quantitative estimate of drug-likeness (QED) is 0.648. The molecule has 0 aliphatic rings. The predicted molar refractivity (Wildman–Crippen MR) is 72.7 cm³/mol. The van der Waals surface area contributed by atoms with E-state index in [9.17, 15) is 4.79 Å². The van der Waals surface area contributed by atoms with E-state index < -0.39 is 0 Å². The lowest BCUT2D eigenvalue weighted by Gasteiger charge is -1.99. The Morgan fingerprint density at radius 3 is 2.61 bits per heavy atom. The summed E-state index contributed by atoms with van der Waals surface area (Å²) in [6.07, 6.45) is 1.63. The normalized spacial score (nSPS) is 10.5. The molecule has 0 bridgehead atoms. The van der Waals surface area contributed by atoms with E-state index in [1.165, 1.54) is 0 Å². The van der Waals surface area contributed by atoms with Crippen LogP contribution < -0.4 is 5.43 Å². The van der Waals surface area contributed by atoms with Gasteiger partial charge in [0.25, 0.3) is 5.91 Å². The molecule has 2 aromatic rings. The lowest BCUT2D eigenvalue weighted by Crippen LogP contribution is -2.17. The Balaban J connectivity index is 1.98. The Hall–Kier alpha value is -2.42. The number of rotatable bonds is 3. The van der Waals surface area contributed by atoms with Crippen LogP contribution in [0.2, 0.25) is 0 Å². The molecule has 0 aliphatic carbocycles. The average molecular weight is 238 g/mol. The summed E-state index contributed by atoms with van der Waals surface area (Å²) in [6, 6.07) is 16.9. The second-order valence-electron chi connectivity index (χ2n) is 3.98. The average Bonchev–Trinajstić information content (AvgIpc) is 2.40. The van der Waals surface area contributed by atoms with Crippen molar-refractivity contribution in [2.75, 3.05) is 0 Å². The third kappa shape index (κ3) is 3.28. The van der Waals surface area contributed by atoms with Crippen molar-refractivity contribution in [2.45, 2.75) is 6.92 Å². The molecule has 2 rings (SSSR count). The van der Waals surface area contributed by atoms with Gasteiger partial charge in [0.05, 0.1) is 6.21 Å². The molecular formula is C15H14N2O. The summed E-state index contributed by atoms with van der Waals surface area (Å²) in [5.74, 6) is -0.209. The van der Waals surface area contributed by atoms with Crippen molar-refractivity contribution < 1.29 is 4.79 Å². The number of carbonyl (C=O) groups excluding carboxylic acids is 1. The Labute approximate surface area is 106 Å². The van der Waals surface area contributed by atoms with Crippen LogP contribution in [0.4, 0.5) is 0 Å². The molecule has 0 aromatic heterocycles. The second-order valence-corrected chi connectivity index (χ2v) is 3.98. The van der Waals surface area contributed by atoms with Crippen molar-refractivity contribution in [1.82, 2.24) is 5.43 Å². The summed E-state index contributed by atoms with van der Waals surface area (Å²) >= 11 is 0. The van der Waals surface area contributed by atoms with Gasteiger partial charge in [0, 0.05) is 5.56 Å². The van der Waals surface area contributed by atoms with Crippen molar-refractivity contribution in [3.8, 4) is 0 Å². The van der Waals surface area contributed by atoms with E-state index in [1.54, 1.807) is 18.3 Å². The summed E-state index contributed by atoms with van der Waals surface area (Å²) in [7, 11) is 0. The lowest BCUT2D eigenvalue weighted by atomic mass is 10.2. The minimum Gasteiger partial charge on any atom is -0.267 e. The predicted octanol–water partition coefficient (Wildman–Crippen LogP) is 2.76. The first-order valence-corrected chi connectivity index (χ1v) is 5.71. The molecule has 1 amide bonds. The maximum absolute atomic E-state index is 11.7. The van der Waals surface area contributed by atoms with Crippen molar-refractivity contribution >= 4 is 12.1 Å².